The highest BCUT2D eigenvalue weighted by Gasteiger charge is 2.52. The zero-order valence-corrected chi connectivity index (χ0v) is 20.6. The number of carbonyl (C=O) groups excluding carboxylic acids is 1. The number of ether oxygens (including phenoxy) is 1. The van der Waals surface area contributed by atoms with E-state index in [1.54, 1.807) is 31.2 Å². The molecular weight excluding hydrogens is 470 g/mol. The van der Waals surface area contributed by atoms with Crippen LogP contribution in [0.5, 0.6) is 0 Å². The largest absolute Gasteiger partial charge is 0.495 e. The molecule has 0 atom stereocenters. The number of benzene rings is 2. The van der Waals surface area contributed by atoms with Gasteiger partial charge in [-0.25, -0.2) is 4.79 Å². The summed E-state index contributed by atoms with van der Waals surface area (Å²) in [4.78, 5) is 14.1. The molecule has 0 radical (unpaired) electrons. The zero-order chi connectivity index (χ0) is 25.3. The number of halogens is 4. The van der Waals surface area contributed by atoms with Crippen molar-refractivity contribution in [3.63, 3.8) is 0 Å². The van der Waals surface area contributed by atoms with Crippen LogP contribution in [0.3, 0.4) is 0 Å². The maximum absolute atomic E-state index is 13.5. The van der Waals surface area contributed by atoms with E-state index in [1.165, 1.54) is 11.0 Å². The van der Waals surface area contributed by atoms with Crippen LogP contribution in [0.2, 0.25) is 5.02 Å². The van der Waals surface area contributed by atoms with E-state index in [-0.39, 0.29) is 25.3 Å². The van der Waals surface area contributed by atoms with E-state index >= 15 is 0 Å². The van der Waals surface area contributed by atoms with E-state index in [1.807, 2.05) is 27.7 Å². The van der Waals surface area contributed by atoms with Crippen molar-refractivity contribution in [1.29, 1.82) is 0 Å². The Morgan fingerprint density at radius 2 is 1.65 bits per heavy atom. The molecule has 1 saturated heterocycles. The third-order valence-corrected chi connectivity index (χ3v) is 6.51. The topological polar surface area (TPSA) is 48.0 Å². The molecule has 0 spiro atoms. The van der Waals surface area contributed by atoms with Gasteiger partial charge in [-0.3, -0.25) is 0 Å². The van der Waals surface area contributed by atoms with Gasteiger partial charge in [0.1, 0.15) is 6.61 Å². The molecule has 1 heterocycles. The fourth-order valence-electron chi connectivity index (χ4n) is 3.45. The summed E-state index contributed by atoms with van der Waals surface area (Å²) in [5.41, 5.74) is -0.688. The summed E-state index contributed by atoms with van der Waals surface area (Å²) < 4.78 is 57.9. The quantitative estimate of drug-likeness (QED) is 0.472. The van der Waals surface area contributed by atoms with Gasteiger partial charge in [0.15, 0.2) is 0 Å². The minimum atomic E-state index is -4.53. The smallest absolute Gasteiger partial charge is 0.445 e. The Bertz CT molecular complexity index is 1010. The second-order valence-corrected chi connectivity index (χ2v) is 9.63. The predicted molar refractivity (Wildman–Crippen MR) is 125 cm³/mol. The van der Waals surface area contributed by atoms with Crippen molar-refractivity contribution in [2.24, 2.45) is 0 Å². The molecule has 2 aromatic rings. The Morgan fingerprint density at radius 3 is 2.18 bits per heavy atom. The maximum atomic E-state index is 13.5. The third-order valence-electron chi connectivity index (χ3n) is 6.25. The lowest BCUT2D eigenvalue weighted by Gasteiger charge is -2.32. The van der Waals surface area contributed by atoms with Gasteiger partial charge in [0.2, 0.25) is 0 Å². The van der Waals surface area contributed by atoms with Crippen LogP contribution in [0, 0.1) is 0 Å². The lowest BCUT2D eigenvalue weighted by atomic mass is 9.75. The molecule has 0 aliphatic carbocycles. The Labute approximate surface area is 203 Å². The molecule has 10 heteroatoms. The van der Waals surface area contributed by atoms with Crippen LogP contribution in [0.15, 0.2) is 42.5 Å². The van der Waals surface area contributed by atoms with E-state index in [2.05, 4.69) is 0 Å². The van der Waals surface area contributed by atoms with Crippen LogP contribution in [0.25, 0.3) is 0 Å². The van der Waals surface area contributed by atoms with E-state index in [0.717, 1.165) is 17.7 Å². The first kappa shape index (κ1) is 26.4. The third kappa shape index (κ3) is 5.88. The summed E-state index contributed by atoms with van der Waals surface area (Å²) in [6.45, 7) is 9.33. The Kier molecular flexibility index (Phi) is 7.60. The van der Waals surface area contributed by atoms with Gasteiger partial charge in [0.25, 0.3) is 0 Å². The first-order valence-electron chi connectivity index (χ1n) is 11.0. The molecule has 2 aromatic carbocycles. The van der Waals surface area contributed by atoms with Gasteiger partial charge in [-0.15, -0.1) is 0 Å². The van der Waals surface area contributed by atoms with Crippen LogP contribution < -0.4 is 5.46 Å². The normalized spacial score (nSPS) is 17.0. The van der Waals surface area contributed by atoms with Gasteiger partial charge in [-0.05, 0) is 69.4 Å². The van der Waals surface area contributed by atoms with Gasteiger partial charge in [0.05, 0.1) is 16.8 Å². The second-order valence-electron chi connectivity index (χ2n) is 9.19. The van der Waals surface area contributed by atoms with Crippen molar-refractivity contribution in [3.05, 3.63) is 64.2 Å². The van der Waals surface area contributed by atoms with Crippen LogP contribution in [-0.2, 0) is 33.4 Å². The van der Waals surface area contributed by atoms with Crippen molar-refractivity contribution in [2.45, 2.75) is 65.1 Å². The fourth-order valence-corrected chi connectivity index (χ4v) is 3.57. The molecule has 1 aliphatic heterocycles. The molecule has 1 fully saturated rings. The van der Waals surface area contributed by atoms with Gasteiger partial charge >= 0.3 is 19.4 Å². The second kappa shape index (κ2) is 9.80. The summed E-state index contributed by atoms with van der Waals surface area (Å²) in [7, 11) is -0.869. The number of hydrogen-bond acceptors (Lipinski definition) is 4. The van der Waals surface area contributed by atoms with Gasteiger partial charge in [0, 0.05) is 18.1 Å². The van der Waals surface area contributed by atoms with Crippen molar-refractivity contribution in [1.82, 2.24) is 4.90 Å². The van der Waals surface area contributed by atoms with Crippen LogP contribution in [-0.4, -0.2) is 35.9 Å². The SMILES string of the molecule is CCN(Cc1cc(C(F)(F)F)ccc1B1OC(C)(C)C(C)(C)O1)C(=O)OCc1ccc(Cl)cc1. The highest BCUT2D eigenvalue weighted by atomic mass is 35.5. The number of hydrogen-bond donors (Lipinski definition) is 0. The Hall–Kier alpha value is -2.23. The fraction of sp³-hybridized carbons (Fsp3) is 0.458. The highest BCUT2D eigenvalue weighted by Crippen LogP contribution is 2.37. The molecule has 3 rings (SSSR count). The van der Waals surface area contributed by atoms with Crippen molar-refractivity contribution in [3.8, 4) is 0 Å². The van der Waals surface area contributed by atoms with E-state index in [4.69, 9.17) is 25.6 Å². The number of nitrogens with zero attached hydrogens (tertiary/aromatic N) is 1. The molecule has 0 bridgehead atoms. The first-order valence-corrected chi connectivity index (χ1v) is 11.3. The lowest BCUT2D eigenvalue weighted by Crippen LogP contribution is -2.41. The summed E-state index contributed by atoms with van der Waals surface area (Å²) >= 11 is 5.87. The van der Waals surface area contributed by atoms with Crippen LogP contribution in [0.4, 0.5) is 18.0 Å². The molecule has 0 unspecified atom stereocenters. The summed E-state index contributed by atoms with van der Waals surface area (Å²) in [5.74, 6) is 0. The standard InChI is InChI=1S/C24H28BClF3NO4/c1-6-30(21(31)32-15-16-7-10-19(26)11-8-16)14-17-13-18(24(27,28)29)9-12-20(17)25-33-22(2,3)23(4,5)34-25/h7-13H,6,14-15H2,1-5H3. The first-order chi connectivity index (χ1) is 15.7. The molecule has 0 saturated carbocycles. The molecule has 0 aromatic heterocycles. The summed E-state index contributed by atoms with van der Waals surface area (Å²) in [6, 6.07) is 10.2. The minimum Gasteiger partial charge on any atom is -0.445 e. The number of alkyl halides is 3. The molecule has 184 valence electrons. The van der Waals surface area contributed by atoms with E-state index in [0.29, 0.717) is 10.5 Å². The zero-order valence-electron chi connectivity index (χ0n) is 19.8. The molecule has 1 amide bonds. The average molecular weight is 498 g/mol. The van der Waals surface area contributed by atoms with E-state index < -0.39 is 36.2 Å². The number of rotatable bonds is 6. The molecular formula is C24H28BClF3NO4. The van der Waals surface area contributed by atoms with Crippen molar-refractivity contribution in [2.75, 3.05) is 6.54 Å². The highest BCUT2D eigenvalue weighted by molar-refractivity contribution is 6.62. The Balaban J connectivity index is 1.85. The van der Waals surface area contributed by atoms with Crippen molar-refractivity contribution < 1.29 is 32.0 Å². The number of carbonyl (C=O) groups is 1. The van der Waals surface area contributed by atoms with Gasteiger partial charge < -0.3 is 18.9 Å². The molecule has 34 heavy (non-hydrogen) atoms. The van der Waals surface area contributed by atoms with Gasteiger partial charge in [-0.1, -0.05) is 35.9 Å². The monoisotopic (exact) mass is 497 g/mol. The molecule has 0 N–H and O–H groups in total. The number of amides is 1. The van der Waals surface area contributed by atoms with Crippen LogP contribution >= 0.6 is 11.6 Å². The van der Waals surface area contributed by atoms with Crippen molar-refractivity contribution >= 4 is 30.3 Å². The van der Waals surface area contributed by atoms with Gasteiger partial charge in [-0.2, -0.15) is 13.2 Å². The van der Waals surface area contributed by atoms with E-state index in [9.17, 15) is 18.0 Å². The molecule has 1 aliphatic rings. The minimum absolute atomic E-state index is 0.0131. The predicted octanol–water partition coefficient (Wildman–Crippen LogP) is 5.82. The average Bonchev–Trinajstić information content (AvgIpc) is 2.97. The van der Waals surface area contributed by atoms with Crippen LogP contribution in [0.1, 0.15) is 51.3 Å². The molecule has 5 nitrogen and oxygen atoms in total. The Morgan fingerprint density at radius 1 is 1.06 bits per heavy atom. The summed E-state index contributed by atoms with van der Waals surface area (Å²) in [6.07, 6.45) is -5.18. The summed E-state index contributed by atoms with van der Waals surface area (Å²) in [5, 5.41) is 0.560. The maximum Gasteiger partial charge on any atom is 0.495 e. The lowest BCUT2D eigenvalue weighted by molar-refractivity contribution is -0.137.